The standard InChI is InChI=1S/C9H14N6O2S/c1-6(18(10,16)17)3-11-8-7-4-14-15(2)9(7)13-5-12-8/h4-6H,3H2,1-2H3,(H2,10,16,17)(H,11,12,13). The van der Waals surface area contributed by atoms with Crippen LogP contribution < -0.4 is 10.5 Å². The summed E-state index contributed by atoms with van der Waals surface area (Å²) in [6, 6.07) is 0. The van der Waals surface area contributed by atoms with Gasteiger partial charge in [0, 0.05) is 13.6 Å². The molecule has 18 heavy (non-hydrogen) atoms. The van der Waals surface area contributed by atoms with Gasteiger partial charge < -0.3 is 5.32 Å². The predicted molar refractivity (Wildman–Crippen MR) is 67.4 cm³/mol. The lowest BCUT2D eigenvalue weighted by molar-refractivity contribution is 0.587. The minimum atomic E-state index is -3.55. The first-order valence-corrected chi connectivity index (χ1v) is 6.88. The number of rotatable bonds is 4. The van der Waals surface area contributed by atoms with Crippen LogP contribution in [0.25, 0.3) is 11.0 Å². The summed E-state index contributed by atoms with van der Waals surface area (Å²) in [6.07, 6.45) is 3.02. The van der Waals surface area contributed by atoms with Gasteiger partial charge in [0.25, 0.3) is 0 Å². The third-order valence-corrected chi connectivity index (χ3v) is 3.94. The highest BCUT2D eigenvalue weighted by atomic mass is 32.2. The first-order chi connectivity index (χ1) is 8.39. The average molecular weight is 270 g/mol. The summed E-state index contributed by atoms with van der Waals surface area (Å²) in [5, 5.41) is 12.1. The molecule has 9 heteroatoms. The molecule has 0 aliphatic rings. The largest absolute Gasteiger partial charge is 0.368 e. The van der Waals surface area contributed by atoms with Crippen LogP contribution in [0.2, 0.25) is 0 Å². The highest BCUT2D eigenvalue weighted by molar-refractivity contribution is 7.89. The molecule has 1 unspecified atom stereocenters. The summed E-state index contributed by atoms with van der Waals surface area (Å²) in [6.45, 7) is 1.71. The van der Waals surface area contributed by atoms with Gasteiger partial charge in [-0.2, -0.15) is 5.10 Å². The zero-order chi connectivity index (χ0) is 13.3. The van der Waals surface area contributed by atoms with E-state index in [1.807, 2.05) is 0 Å². The Hall–Kier alpha value is -1.74. The first kappa shape index (κ1) is 12.7. The van der Waals surface area contributed by atoms with Crippen LogP contribution in [0.3, 0.4) is 0 Å². The fraction of sp³-hybridized carbons (Fsp3) is 0.444. The molecule has 0 aliphatic carbocycles. The SMILES string of the molecule is CC(CNc1ncnc2c1cnn2C)S(N)(=O)=O. The van der Waals surface area contributed by atoms with Crippen LogP contribution in [-0.4, -0.2) is 40.0 Å². The normalized spacial score (nSPS) is 13.7. The van der Waals surface area contributed by atoms with Gasteiger partial charge in [-0.05, 0) is 6.92 Å². The number of anilines is 1. The van der Waals surface area contributed by atoms with Crippen LogP contribution in [0.5, 0.6) is 0 Å². The topological polar surface area (TPSA) is 116 Å². The molecule has 0 saturated heterocycles. The highest BCUT2D eigenvalue weighted by Crippen LogP contribution is 2.17. The van der Waals surface area contributed by atoms with Crippen molar-refractivity contribution in [1.29, 1.82) is 0 Å². The highest BCUT2D eigenvalue weighted by Gasteiger charge is 2.16. The molecule has 2 aromatic heterocycles. The lowest BCUT2D eigenvalue weighted by atomic mass is 10.4. The van der Waals surface area contributed by atoms with Gasteiger partial charge >= 0.3 is 0 Å². The van der Waals surface area contributed by atoms with Crippen LogP contribution in [0.1, 0.15) is 6.92 Å². The van der Waals surface area contributed by atoms with Gasteiger partial charge in [-0.15, -0.1) is 0 Å². The Morgan fingerprint density at radius 1 is 1.50 bits per heavy atom. The van der Waals surface area contributed by atoms with Crippen molar-refractivity contribution in [3.05, 3.63) is 12.5 Å². The summed E-state index contributed by atoms with van der Waals surface area (Å²) < 4.78 is 23.8. The number of primary sulfonamides is 1. The number of nitrogens with two attached hydrogens (primary N) is 1. The molecule has 2 rings (SSSR count). The lowest BCUT2D eigenvalue weighted by Gasteiger charge is -2.11. The van der Waals surface area contributed by atoms with E-state index in [4.69, 9.17) is 5.14 Å². The van der Waals surface area contributed by atoms with Gasteiger partial charge in [0.1, 0.15) is 12.1 Å². The molecule has 1 atom stereocenters. The Morgan fingerprint density at radius 3 is 2.89 bits per heavy atom. The van der Waals surface area contributed by atoms with Gasteiger partial charge in [-0.1, -0.05) is 0 Å². The number of nitrogens with one attached hydrogen (secondary N) is 1. The van der Waals surface area contributed by atoms with E-state index in [1.54, 1.807) is 17.9 Å². The van der Waals surface area contributed by atoms with Crippen LogP contribution in [0.15, 0.2) is 12.5 Å². The van der Waals surface area contributed by atoms with E-state index in [0.717, 1.165) is 5.39 Å². The maximum Gasteiger partial charge on any atom is 0.213 e. The second-order valence-corrected chi connectivity index (χ2v) is 5.99. The quantitative estimate of drug-likeness (QED) is 0.770. The van der Waals surface area contributed by atoms with Crippen molar-refractivity contribution in [1.82, 2.24) is 19.7 Å². The van der Waals surface area contributed by atoms with Crippen molar-refractivity contribution >= 4 is 26.9 Å². The lowest BCUT2D eigenvalue weighted by Crippen LogP contribution is -2.32. The number of aromatic nitrogens is 4. The smallest absolute Gasteiger partial charge is 0.213 e. The van der Waals surface area contributed by atoms with Gasteiger partial charge in [0.2, 0.25) is 10.0 Å². The van der Waals surface area contributed by atoms with E-state index in [-0.39, 0.29) is 6.54 Å². The van der Waals surface area contributed by atoms with E-state index in [0.29, 0.717) is 11.5 Å². The van der Waals surface area contributed by atoms with Crippen molar-refractivity contribution < 1.29 is 8.42 Å². The minimum absolute atomic E-state index is 0.180. The molecule has 2 heterocycles. The van der Waals surface area contributed by atoms with E-state index in [9.17, 15) is 8.42 Å². The molecule has 0 saturated carbocycles. The molecule has 0 bridgehead atoms. The number of hydrogen-bond donors (Lipinski definition) is 2. The molecule has 0 spiro atoms. The Kier molecular flexibility index (Phi) is 3.18. The van der Waals surface area contributed by atoms with Gasteiger partial charge in [0.05, 0.1) is 16.8 Å². The summed E-state index contributed by atoms with van der Waals surface area (Å²) in [5.41, 5.74) is 0.677. The zero-order valence-corrected chi connectivity index (χ0v) is 10.8. The van der Waals surface area contributed by atoms with Crippen molar-refractivity contribution in [3.63, 3.8) is 0 Å². The monoisotopic (exact) mass is 270 g/mol. The fourth-order valence-electron chi connectivity index (χ4n) is 1.46. The average Bonchev–Trinajstić information content (AvgIpc) is 2.67. The van der Waals surface area contributed by atoms with Crippen LogP contribution in [0, 0.1) is 0 Å². The molecule has 0 fully saturated rings. The van der Waals surface area contributed by atoms with Gasteiger partial charge in [0.15, 0.2) is 5.65 Å². The molecule has 0 amide bonds. The third-order valence-electron chi connectivity index (χ3n) is 2.65. The molecule has 0 radical (unpaired) electrons. The molecular weight excluding hydrogens is 256 g/mol. The van der Waals surface area contributed by atoms with Crippen molar-refractivity contribution in [2.75, 3.05) is 11.9 Å². The van der Waals surface area contributed by atoms with Gasteiger partial charge in [-0.3, -0.25) is 4.68 Å². The summed E-state index contributed by atoms with van der Waals surface area (Å²) in [4.78, 5) is 8.15. The molecule has 0 aromatic carbocycles. The third kappa shape index (κ3) is 2.41. The Balaban J connectivity index is 2.23. The summed E-state index contributed by atoms with van der Waals surface area (Å²) in [7, 11) is -1.78. The molecule has 3 N–H and O–H groups in total. The minimum Gasteiger partial charge on any atom is -0.368 e. The number of fused-ring (bicyclic) bond motifs is 1. The van der Waals surface area contributed by atoms with E-state index in [2.05, 4.69) is 20.4 Å². The number of sulfonamides is 1. The van der Waals surface area contributed by atoms with E-state index < -0.39 is 15.3 Å². The van der Waals surface area contributed by atoms with Crippen molar-refractivity contribution in [3.8, 4) is 0 Å². The van der Waals surface area contributed by atoms with Crippen LogP contribution >= 0.6 is 0 Å². The van der Waals surface area contributed by atoms with Crippen LogP contribution in [-0.2, 0) is 17.1 Å². The predicted octanol–water partition coefficient (Wildman–Crippen LogP) is -0.548. The van der Waals surface area contributed by atoms with Crippen molar-refractivity contribution in [2.24, 2.45) is 12.2 Å². The maximum absolute atomic E-state index is 11.1. The molecule has 2 aromatic rings. The van der Waals surface area contributed by atoms with Crippen molar-refractivity contribution in [2.45, 2.75) is 12.2 Å². The molecule has 98 valence electrons. The number of nitrogens with zero attached hydrogens (tertiary/aromatic N) is 4. The molecule has 0 aliphatic heterocycles. The molecule has 8 nitrogen and oxygen atoms in total. The zero-order valence-electron chi connectivity index (χ0n) is 10.0. The molecular formula is C9H14N6O2S. The first-order valence-electron chi connectivity index (χ1n) is 5.28. The van der Waals surface area contributed by atoms with E-state index >= 15 is 0 Å². The Labute approximate surface area is 104 Å². The number of hydrogen-bond acceptors (Lipinski definition) is 6. The summed E-state index contributed by atoms with van der Waals surface area (Å²) in [5.74, 6) is 0.545. The van der Waals surface area contributed by atoms with Gasteiger partial charge in [-0.25, -0.2) is 23.5 Å². The summed E-state index contributed by atoms with van der Waals surface area (Å²) >= 11 is 0. The Bertz CT molecular complexity index is 665. The fourth-order valence-corrected chi connectivity index (χ4v) is 1.78. The second-order valence-electron chi connectivity index (χ2n) is 4.01. The Morgan fingerprint density at radius 2 is 2.22 bits per heavy atom. The second kappa shape index (κ2) is 4.50. The maximum atomic E-state index is 11.1. The van der Waals surface area contributed by atoms with Crippen LogP contribution in [0.4, 0.5) is 5.82 Å². The van der Waals surface area contributed by atoms with E-state index in [1.165, 1.54) is 13.3 Å². The number of aryl methyl sites for hydroxylation is 1.